The Bertz CT molecular complexity index is 2450. The summed E-state index contributed by atoms with van der Waals surface area (Å²) in [6.07, 6.45) is 0. The van der Waals surface area contributed by atoms with Crippen molar-refractivity contribution in [2.24, 2.45) is 0 Å². The number of para-hydroxylation sites is 1. The number of benzene rings is 6. The first kappa shape index (κ1) is 23.8. The number of furan rings is 2. The molecule has 2 heterocycles. The van der Waals surface area contributed by atoms with Crippen molar-refractivity contribution >= 4 is 43.9 Å². The van der Waals surface area contributed by atoms with E-state index < -0.39 is 0 Å². The molecule has 8 rings (SSSR count). The molecule has 4 heteroatoms. The molecule has 0 aliphatic carbocycles. The fourth-order valence-corrected chi connectivity index (χ4v) is 6.12. The second-order valence-corrected chi connectivity index (χ2v) is 10.3. The molecule has 0 aliphatic rings. The van der Waals surface area contributed by atoms with Gasteiger partial charge in [0.1, 0.15) is 22.3 Å². The molecule has 0 amide bonds. The van der Waals surface area contributed by atoms with E-state index in [1.165, 1.54) is 0 Å². The first-order valence-corrected chi connectivity index (χ1v) is 13.6. The summed E-state index contributed by atoms with van der Waals surface area (Å²) in [4.78, 5) is 0. The van der Waals surface area contributed by atoms with Crippen LogP contribution in [0.15, 0.2) is 130 Å². The molecule has 6 aromatic carbocycles. The normalized spacial score (nSPS) is 11.3. The molecule has 0 fully saturated rings. The lowest BCUT2D eigenvalue weighted by Gasteiger charge is -2.15. The third kappa shape index (κ3) is 3.53. The second kappa shape index (κ2) is 9.24. The van der Waals surface area contributed by atoms with Crippen LogP contribution in [0, 0.1) is 22.7 Å². The SMILES string of the molecule is N#Cc1ccc2oc3cccc(-c4ccc(-c5cccc6oc7ccccc7c56)c(-c5ccccc5C#N)c4)c3c2c1. The Kier molecular flexibility index (Phi) is 5.22. The number of nitrogens with zero attached hydrogens (tertiary/aromatic N) is 2. The van der Waals surface area contributed by atoms with E-state index in [9.17, 15) is 10.5 Å². The Morgan fingerprint density at radius 2 is 1.10 bits per heavy atom. The van der Waals surface area contributed by atoms with Crippen molar-refractivity contribution < 1.29 is 8.83 Å². The molecule has 0 unspecified atom stereocenters. The van der Waals surface area contributed by atoms with Gasteiger partial charge in [-0.3, -0.25) is 0 Å². The van der Waals surface area contributed by atoms with Gasteiger partial charge in [-0.2, -0.15) is 10.5 Å². The van der Waals surface area contributed by atoms with Crippen LogP contribution in [-0.2, 0) is 0 Å². The van der Waals surface area contributed by atoms with Crippen LogP contribution in [0.4, 0.5) is 0 Å². The smallest absolute Gasteiger partial charge is 0.136 e. The van der Waals surface area contributed by atoms with Gasteiger partial charge in [0.2, 0.25) is 0 Å². The molecule has 42 heavy (non-hydrogen) atoms. The van der Waals surface area contributed by atoms with Gasteiger partial charge in [0.05, 0.1) is 23.3 Å². The average molecular weight is 537 g/mol. The topological polar surface area (TPSA) is 73.9 Å². The predicted octanol–water partition coefficient (Wildman–Crippen LogP) is 10.2. The van der Waals surface area contributed by atoms with Crippen LogP contribution in [0.1, 0.15) is 11.1 Å². The number of hydrogen-bond acceptors (Lipinski definition) is 4. The largest absolute Gasteiger partial charge is 0.456 e. The predicted molar refractivity (Wildman–Crippen MR) is 167 cm³/mol. The van der Waals surface area contributed by atoms with Crippen molar-refractivity contribution in [3.8, 4) is 45.5 Å². The summed E-state index contributed by atoms with van der Waals surface area (Å²) < 4.78 is 12.4. The number of nitriles is 2. The molecule has 0 bridgehead atoms. The van der Waals surface area contributed by atoms with Gasteiger partial charge in [0, 0.05) is 27.1 Å². The average Bonchev–Trinajstić information content (AvgIpc) is 3.62. The molecule has 0 spiro atoms. The van der Waals surface area contributed by atoms with E-state index in [2.05, 4.69) is 48.5 Å². The molecule has 2 aromatic heterocycles. The lowest BCUT2D eigenvalue weighted by atomic mass is 9.87. The van der Waals surface area contributed by atoms with Gasteiger partial charge in [-0.1, -0.05) is 72.8 Å². The molecule has 8 aromatic rings. The van der Waals surface area contributed by atoms with Crippen molar-refractivity contribution in [1.82, 2.24) is 0 Å². The lowest BCUT2D eigenvalue weighted by Crippen LogP contribution is -1.91. The maximum atomic E-state index is 10.1. The van der Waals surface area contributed by atoms with E-state index in [1.54, 1.807) is 6.07 Å². The second-order valence-electron chi connectivity index (χ2n) is 10.3. The van der Waals surface area contributed by atoms with E-state index in [0.717, 1.165) is 77.3 Å². The highest BCUT2D eigenvalue weighted by Gasteiger charge is 2.19. The van der Waals surface area contributed by atoms with Crippen LogP contribution in [0.25, 0.3) is 77.3 Å². The summed E-state index contributed by atoms with van der Waals surface area (Å²) in [5.41, 5.74) is 10.2. The first-order chi connectivity index (χ1) is 20.7. The van der Waals surface area contributed by atoms with Crippen molar-refractivity contribution in [2.45, 2.75) is 0 Å². The third-order valence-electron chi connectivity index (χ3n) is 7.99. The van der Waals surface area contributed by atoms with Gasteiger partial charge in [-0.05, 0) is 76.3 Å². The van der Waals surface area contributed by atoms with Gasteiger partial charge < -0.3 is 8.83 Å². The van der Waals surface area contributed by atoms with Gasteiger partial charge in [0.15, 0.2) is 0 Å². The van der Waals surface area contributed by atoms with Crippen LogP contribution in [0.5, 0.6) is 0 Å². The molecule has 194 valence electrons. The zero-order valence-corrected chi connectivity index (χ0v) is 22.3. The van der Waals surface area contributed by atoms with Crippen molar-refractivity contribution in [3.63, 3.8) is 0 Å². The summed E-state index contributed by atoms with van der Waals surface area (Å²) in [7, 11) is 0. The van der Waals surface area contributed by atoms with Crippen LogP contribution >= 0.6 is 0 Å². The molecular formula is C38H20N2O2. The van der Waals surface area contributed by atoms with Crippen LogP contribution in [-0.4, -0.2) is 0 Å². The molecule has 0 saturated carbocycles. The van der Waals surface area contributed by atoms with E-state index in [4.69, 9.17) is 8.83 Å². The van der Waals surface area contributed by atoms with Crippen molar-refractivity contribution in [3.05, 3.63) is 132 Å². The zero-order chi connectivity index (χ0) is 28.2. The Morgan fingerprint density at radius 3 is 1.90 bits per heavy atom. The summed E-state index contributed by atoms with van der Waals surface area (Å²) in [6.45, 7) is 0. The quantitative estimate of drug-likeness (QED) is 0.225. The highest BCUT2D eigenvalue weighted by Crippen LogP contribution is 2.44. The lowest BCUT2D eigenvalue weighted by molar-refractivity contribution is 0.668. The third-order valence-corrected chi connectivity index (χ3v) is 7.99. The number of rotatable bonds is 3. The van der Waals surface area contributed by atoms with E-state index in [1.807, 2.05) is 78.9 Å². The Balaban J connectivity index is 1.45. The first-order valence-electron chi connectivity index (χ1n) is 13.6. The maximum Gasteiger partial charge on any atom is 0.136 e. The standard InChI is InChI=1S/C38H20N2O2/c39-21-23-15-18-34-32(19-23)37-27(10-5-13-35(37)42-34)24-16-17-28(31(20-24)26-8-2-1-7-25(26)22-40)29-11-6-14-36-38(29)30-9-3-4-12-33(30)41-36/h1-20H. The fraction of sp³-hybridized carbons (Fsp3) is 0. The van der Waals surface area contributed by atoms with Crippen molar-refractivity contribution in [2.75, 3.05) is 0 Å². The Hall–Kier alpha value is -6.10. The minimum atomic E-state index is 0.583. The summed E-state index contributed by atoms with van der Waals surface area (Å²) >= 11 is 0. The van der Waals surface area contributed by atoms with Gasteiger partial charge in [-0.25, -0.2) is 0 Å². The Morgan fingerprint density at radius 1 is 0.429 bits per heavy atom. The Labute approximate surface area is 240 Å². The number of hydrogen-bond donors (Lipinski definition) is 0. The van der Waals surface area contributed by atoms with Crippen LogP contribution < -0.4 is 0 Å². The molecule has 0 atom stereocenters. The summed E-state index contributed by atoms with van der Waals surface area (Å²) in [5.74, 6) is 0. The van der Waals surface area contributed by atoms with Gasteiger partial charge in [0.25, 0.3) is 0 Å². The molecule has 0 N–H and O–H groups in total. The van der Waals surface area contributed by atoms with Gasteiger partial charge in [-0.15, -0.1) is 0 Å². The van der Waals surface area contributed by atoms with Crippen LogP contribution in [0.3, 0.4) is 0 Å². The van der Waals surface area contributed by atoms with Gasteiger partial charge >= 0.3 is 0 Å². The highest BCUT2D eigenvalue weighted by atomic mass is 16.3. The van der Waals surface area contributed by atoms with E-state index in [0.29, 0.717) is 11.1 Å². The monoisotopic (exact) mass is 536 g/mol. The highest BCUT2D eigenvalue weighted by molar-refractivity contribution is 6.15. The van der Waals surface area contributed by atoms with Crippen molar-refractivity contribution in [1.29, 1.82) is 10.5 Å². The maximum absolute atomic E-state index is 10.1. The summed E-state index contributed by atoms with van der Waals surface area (Å²) in [5, 5.41) is 23.6. The minimum absolute atomic E-state index is 0.583. The molecule has 0 saturated heterocycles. The molecule has 0 aliphatic heterocycles. The van der Waals surface area contributed by atoms with Crippen LogP contribution in [0.2, 0.25) is 0 Å². The number of fused-ring (bicyclic) bond motifs is 6. The summed E-state index contributed by atoms with van der Waals surface area (Å²) in [6, 6.07) is 44.5. The van der Waals surface area contributed by atoms with E-state index in [-0.39, 0.29) is 0 Å². The minimum Gasteiger partial charge on any atom is -0.456 e. The van der Waals surface area contributed by atoms with E-state index >= 15 is 0 Å². The molecule has 4 nitrogen and oxygen atoms in total. The zero-order valence-electron chi connectivity index (χ0n) is 22.3. The molecule has 0 radical (unpaired) electrons. The molecular weight excluding hydrogens is 516 g/mol. The fourth-order valence-electron chi connectivity index (χ4n) is 6.12.